The van der Waals surface area contributed by atoms with Gasteiger partial charge in [0.1, 0.15) is 12.4 Å². The minimum Gasteiger partial charge on any atom is -0.504 e. The Kier molecular flexibility index (Phi) is 4.07. The van der Waals surface area contributed by atoms with Crippen LogP contribution in [0.5, 0.6) is 11.5 Å². The summed E-state index contributed by atoms with van der Waals surface area (Å²) in [4.78, 5) is 26.7. The summed E-state index contributed by atoms with van der Waals surface area (Å²) < 4.78 is 23.6. The molecule has 2 aliphatic rings. The Labute approximate surface area is 154 Å². The number of hydrogen-bond acceptors (Lipinski definition) is 5. The third kappa shape index (κ3) is 2.81. The first-order valence-electron chi connectivity index (χ1n) is 8.35. The fraction of sp³-hybridized carbons (Fsp3) is 0.200. The summed E-state index contributed by atoms with van der Waals surface area (Å²) >= 11 is 0. The van der Waals surface area contributed by atoms with Gasteiger partial charge in [0.2, 0.25) is 5.91 Å². The molecule has 1 unspecified atom stereocenters. The monoisotopic (exact) mass is 369 g/mol. The van der Waals surface area contributed by atoms with Crippen molar-refractivity contribution in [1.82, 2.24) is 0 Å². The van der Waals surface area contributed by atoms with Crippen molar-refractivity contribution in [2.75, 3.05) is 18.6 Å². The van der Waals surface area contributed by atoms with E-state index in [-0.39, 0.29) is 30.4 Å². The zero-order chi connectivity index (χ0) is 19.1. The molecule has 7 heteroatoms. The number of halogens is 1. The third-order valence-electron chi connectivity index (χ3n) is 4.81. The smallest absolute Gasteiger partial charge is 0.336 e. The molecular weight excluding hydrogens is 353 g/mol. The van der Waals surface area contributed by atoms with E-state index in [1.807, 2.05) is 0 Å². The largest absolute Gasteiger partial charge is 0.504 e. The first-order valence-corrected chi connectivity index (χ1v) is 8.35. The molecule has 138 valence electrons. The van der Waals surface area contributed by atoms with Crippen molar-refractivity contribution in [2.45, 2.75) is 12.3 Å². The van der Waals surface area contributed by atoms with Crippen molar-refractivity contribution < 1.29 is 28.6 Å². The summed E-state index contributed by atoms with van der Waals surface area (Å²) in [5.41, 5.74) is 2.00. The molecule has 0 aromatic heterocycles. The summed E-state index contributed by atoms with van der Waals surface area (Å²) in [5.74, 6) is -1.40. The number of methoxy groups -OCH3 is 1. The molecule has 4 rings (SSSR count). The second kappa shape index (κ2) is 6.42. The van der Waals surface area contributed by atoms with Gasteiger partial charge < -0.3 is 14.6 Å². The summed E-state index contributed by atoms with van der Waals surface area (Å²) in [6.45, 7) is -0.0248. The maximum atomic E-state index is 13.2. The molecule has 1 atom stereocenters. The van der Waals surface area contributed by atoms with Crippen molar-refractivity contribution in [3.8, 4) is 11.5 Å². The van der Waals surface area contributed by atoms with E-state index in [9.17, 15) is 19.1 Å². The van der Waals surface area contributed by atoms with Crippen molar-refractivity contribution in [3.05, 3.63) is 65.1 Å². The van der Waals surface area contributed by atoms with E-state index in [2.05, 4.69) is 0 Å². The van der Waals surface area contributed by atoms with Crippen LogP contribution in [0.15, 0.2) is 53.7 Å². The van der Waals surface area contributed by atoms with Crippen LogP contribution in [0, 0.1) is 5.82 Å². The summed E-state index contributed by atoms with van der Waals surface area (Å²) in [6, 6.07) is 10.2. The number of anilines is 1. The average molecular weight is 369 g/mol. The Bertz CT molecular complexity index is 967. The molecule has 1 amide bonds. The maximum absolute atomic E-state index is 13.2. The standard InChI is InChI=1S/C20H16FNO5/c1-26-17-8-11(2-7-16(17)23)14-9-18(24)22(13-5-3-12(21)4-6-13)15-10-27-20(25)19(14)15/h2-8,14,23H,9-10H2,1H3. The fourth-order valence-electron chi connectivity index (χ4n) is 3.54. The SMILES string of the molecule is COc1cc(C2CC(=O)N(c3ccc(F)cc3)C3=C2C(=O)OC3)ccc1O. The van der Waals surface area contributed by atoms with Crippen LogP contribution in [0.4, 0.5) is 10.1 Å². The molecule has 0 saturated carbocycles. The molecule has 2 heterocycles. The lowest BCUT2D eigenvalue weighted by molar-refractivity contribution is -0.136. The molecule has 2 aliphatic heterocycles. The number of rotatable bonds is 3. The van der Waals surface area contributed by atoms with Gasteiger partial charge in [0, 0.05) is 18.0 Å². The molecule has 2 aromatic rings. The van der Waals surface area contributed by atoms with E-state index in [0.29, 0.717) is 22.5 Å². The molecule has 0 fully saturated rings. The lowest BCUT2D eigenvalue weighted by Gasteiger charge is -2.32. The highest BCUT2D eigenvalue weighted by molar-refractivity contribution is 6.06. The highest BCUT2D eigenvalue weighted by Crippen LogP contribution is 2.43. The van der Waals surface area contributed by atoms with Crippen molar-refractivity contribution in [3.63, 3.8) is 0 Å². The van der Waals surface area contributed by atoms with Gasteiger partial charge in [-0.1, -0.05) is 6.07 Å². The molecule has 27 heavy (non-hydrogen) atoms. The first kappa shape index (κ1) is 17.1. The van der Waals surface area contributed by atoms with E-state index in [1.165, 1.54) is 42.3 Å². The number of benzene rings is 2. The predicted octanol–water partition coefficient (Wildman–Crippen LogP) is 2.87. The van der Waals surface area contributed by atoms with Crippen molar-refractivity contribution in [1.29, 1.82) is 0 Å². The maximum Gasteiger partial charge on any atom is 0.336 e. The quantitative estimate of drug-likeness (QED) is 0.842. The predicted molar refractivity (Wildman–Crippen MR) is 93.9 cm³/mol. The molecule has 0 aliphatic carbocycles. The van der Waals surface area contributed by atoms with Crippen LogP contribution in [0.3, 0.4) is 0 Å². The van der Waals surface area contributed by atoms with E-state index in [4.69, 9.17) is 9.47 Å². The molecule has 0 spiro atoms. The van der Waals surface area contributed by atoms with E-state index in [0.717, 1.165) is 0 Å². The minimum absolute atomic E-state index is 0.0248. The first-order chi connectivity index (χ1) is 13.0. The number of nitrogens with zero attached hydrogens (tertiary/aromatic N) is 1. The highest BCUT2D eigenvalue weighted by atomic mass is 19.1. The van der Waals surface area contributed by atoms with Crippen LogP contribution in [-0.4, -0.2) is 30.7 Å². The molecular formula is C20H16FNO5. The normalized spacial score (nSPS) is 19.2. The van der Waals surface area contributed by atoms with Gasteiger partial charge in [-0.3, -0.25) is 9.69 Å². The molecule has 0 bridgehead atoms. The minimum atomic E-state index is -0.506. The summed E-state index contributed by atoms with van der Waals surface area (Å²) in [7, 11) is 1.43. The number of phenols is 1. The number of amides is 1. The number of esters is 1. The zero-order valence-corrected chi connectivity index (χ0v) is 14.4. The van der Waals surface area contributed by atoms with Crippen LogP contribution >= 0.6 is 0 Å². The van der Waals surface area contributed by atoms with Gasteiger partial charge in [0.05, 0.1) is 18.4 Å². The van der Waals surface area contributed by atoms with Crippen molar-refractivity contribution in [2.24, 2.45) is 0 Å². The molecule has 2 aromatic carbocycles. The van der Waals surface area contributed by atoms with Crippen LogP contribution in [0.25, 0.3) is 0 Å². The Morgan fingerprint density at radius 3 is 2.63 bits per heavy atom. The molecule has 1 N–H and O–H groups in total. The van der Waals surface area contributed by atoms with Gasteiger partial charge in [0.25, 0.3) is 0 Å². The molecule has 0 saturated heterocycles. The Balaban J connectivity index is 1.81. The second-order valence-electron chi connectivity index (χ2n) is 6.33. The van der Waals surface area contributed by atoms with Gasteiger partial charge in [-0.05, 0) is 42.0 Å². The van der Waals surface area contributed by atoms with Crippen molar-refractivity contribution >= 4 is 17.6 Å². The van der Waals surface area contributed by atoms with E-state index < -0.39 is 17.7 Å². The number of ether oxygens (including phenoxy) is 2. The number of phenolic OH excluding ortho intramolecular Hbond substituents is 1. The average Bonchev–Trinajstić information content (AvgIpc) is 3.04. The van der Waals surface area contributed by atoms with Crippen LogP contribution in [0.2, 0.25) is 0 Å². The Morgan fingerprint density at radius 2 is 1.93 bits per heavy atom. The van der Waals surface area contributed by atoms with Crippen LogP contribution in [0.1, 0.15) is 17.9 Å². The molecule has 6 nitrogen and oxygen atoms in total. The fourth-order valence-corrected chi connectivity index (χ4v) is 3.54. The number of carbonyl (C=O) groups excluding carboxylic acids is 2. The molecule has 0 radical (unpaired) electrons. The van der Waals surface area contributed by atoms with Crippen LogP contribution < -0.4 is 9.64 Å². The zero-order valence-electron chi connectivity index (χ0n) is 14.4. The van der Waals surface area contributed by atoms with E-state index in [1.54, 1.807) is 12.1 Å². The summed E-state index contributed by atoms with van der Waals surface area (Å²) in [5, 5.41) is 9.80. The third-order valence-corrected chi connectivity index (χ3v) is 4.81. The lowest BCUT2D eigenvalue weighted by Crippen LogP contribution is -2.37. The van der Waals surface area contributed by atoms with Gasteiger partial charge in [-0.2, -0.15) is 0 Å². The van der Waals surface area contributed by atoms with Gasteiger partial charge in [-0.15, -0.1) is 0 Å². The van der Waals surface area contributed by atoms with Crippen LogP contribution in [-0.2, 0) is 14.3 Å². The topological polar surface area (TPSA) is 76.1 Å². The van der Waals surface area contributed by atoms with E-state index >= 15 is 0 Å². The number of cyclic esters (lactones) is 1. The van der Waals surface area contributed by atoms with Gasteiger partial charge in [0.15, 0.2) is 11.5 Å². The van der Waals surface area contributed by atoms with Gasteiger partial charge in [-0.25, -0.2) is 9.18 Å². The Morgan fingerprint density at radius 1 is 1.19 bits per heavy atom. The Hall–Kier alpha value is -3.35. The van der Waals surface area contributed by atoms with Gasteiger partial charge >= 0.3 is 5.97 Å². The number of carbonyl (C=O) groups is 2. The number of aromatic hydroxyl groups is 1. The number of hydrogen-bond donors (Lipinski definition) is 1. The highest BCUT2D eigenvalue weighted by Gasteiger charge is 2.43. The summed E-state index contributed by atoms with van der Waals surface area (Å²) in [6.07, 6.45) is 0.0409. The second-order valence-corrected chi connectivity index (χ2v) is 6.33. The lowest BCUT2D eigenvalue weighted by atomic mass is 9.84.